The van der Waals surface area contributed by atoms with E-state index in [0.717, 1.165) is 12.0 Å². The lowest BCUT2D eigenvalue weighted by Gasteiger charge is -2.26. The molecule has 0 saturated carbocycles. The summed E-state index contributed by atoms with van der Waals surface area (Å²) in [5, 5.41) is 0. The van der Waals surface area contributed by atoms with Gasteiger partial charge in [0.25, 0.3) is 0 Å². The van der Waals surface area contributed by atoms with Gasteiger partial charge in [0.2, 0.25) is 0 Å². The van der Waals surface area contributed by atoms with Crippen molar-refractivity contribution in [1.29, 1.82) is 0 Å². The van der Waals surface area contributed by atoms with E-state index in [9.17, 15) is 4.79 Å². The summed E-state index contributed by atoms with van der Waals surface area (Å²) in [6, 6.07) is 6.15. The van der Waals surface area contributed by atoms with Gasteiger partial charge in [-0.25, -0.2) is 0 Å². The molecule has 0 aliphatic carbocycles. The molecule has 1 aliphatic heterocycles. The maximum Gasteiger partial charge on any atom is 0.162 e. The summed E-state index contributed by atoms with van der Waals surface area (Å²) in [5.74, 6) is 0.305. The van der Waals surface area contributed by atoms with Crippen molar-refractivity contribution in [2.24, 2.45) is 0 Å². The van der Waals surface area contributed by atoms with Gasteiger partial charge in [-0.3, -0.25) is 4.79 Å². The molecule has 0 radical (unpaired) electrons. The highest BCUT2D eigenvalue weighted by molar-refractivity contribution is 5.96. The molecule has 1 fully saturated rings. The number of hydrogen-bond donors (Lipinski definition) is 0. The fraction of sp³-hybridized carbons (Fsp3) is 0.632. The minimum Gasteiger partial charge on any atom is -0.303 e. The molecule has 21 heavy (non-hydrogen) atoms. The van der Waals surface area contributed by atoms with Gasteiger partial charge in [0.15, 0.2) is 5.78 Å². The van der Waals surface area contributed by atoms with Crippen LogP contribution in [0.25, 0.3) is 0 Å². The molecule has 2 rings (SSSR count). The number of piperidine rings is 1. The minimum atomic E-state index is 0.305. The number of carbonyl (C=O) groups excluding carboxylic acids is 1. The van der Waals surface area contributed by atoms with Crippen LogP contribution in [0.3, 0.4) is 0 Å². The smallest absolute Gasteiger partial charge is 0.162 e. The first kappa shape index (κ1) is 16.2. The number of unbranched alkanes of at least 4 members (excludes halogenated alkanes) is 2. The van der Waals surface area contributed by atoms with Gasteiger partial charge in [-0.2, -0.15) is 0 Å². The number of benzene rings is 1. The van der Waals surface area contributed by atoms with Gasteiger partial charge in [-0.15, -0.1) is 0 Å². The van der Waals surface area contributed by atoms with Crippen molar-refractivity contribution < 1.29 is 4.79 Å². The monoisotopic (exact) mass is 287 g/mol. The van der Waals surface area contributed by atoms with Crippen LogP contribution in [0.4, 0.5) is 0 Å². The molecule has 1 aromatic carbocycles. The van der Waals surface area contributed by atoms with Crippen LogP contribution in [0.2, 0.25) is 0 Å². The fourth-order valence-electron chi connectivity index (χ4n) is 3.26. The standard InChI is InChI=1S/C19H29NO/c1-16-13-17(2)15-18(14-16)19(21)9-5-3-6-10-20-11-7-4-8-12-20/h13-15H,3-12H2,1-2H3. The molecule has 2 nitrogen and oxygen atoms in total. The van der Waals surface area contributed by atoms with E-state index >= 15 is 0 Å². The van der Waals surface area contributed by atoms with Gasteiger partial charge < -0.3 is 4.90 Å². The van der Waals surface area contributed by atoms with Crippen molar-refractivity contribution in [1.82, 2.24) is 4.90 Å². The van der Waals surface area contributed by atoms with Gasteiger partial charge in [0.1, 0.15) is 0 Å². The van der Waals surface area contributed by atoms with E-state index in [1.807, 2.05) is 12.1 Å². The van der Waals surface area contributed by atoms with Crippen LogP contribution in [0.5, 0.6) is 0 Å². The number of carbonyl (C=O) groups is 1. The molecule has 0 bridgehead atoms. The van der Waals surface area contributed by atoms with Gasteiger partial charge in [0, 0.05) is 12.0 Å². The van der Waals surface area contributed by atoms with E-state index in [-0.39, 0.29) is 0 Å². The summed E-state index contributed by atoms with van der Waals surface area (Å²) in [4.78, 5) is 14.8. The van der Waals surface area contributed by atoms with Gasteiger partial charge in [0.05, 0.1) is 0 Å². The SMILES string of the molecule is Cc1cc(C)cc(C(=O)CCCCCN2CCCCC2)c1. The average Bonchev–Trinajstić information content (AvgIpc) is 2.47. The zero-order valence-corrected chi connectivity index (χ0v) is 13.7. The topological polar surface area (TPSA) is 20.3 Å². The van der Waals surface area contributed by atoms with Crippen LogP contribution >= 0.6 is 0 Å². The second-order valence-electron chi connectivity index (χ2n) is 6.51. The number of Topliss-reactive ketones (excluding diaryl/α,β-unsaturated/α-hetero) is 1. The molecular weight excluding hydrogens is 258 g/mol. The summed E-state index contributed by atoms with van der Waals surface area (Å²) >= 11 is 0. The zero-order valence-electron chi connectivity index (χ0n) is 13.7. The molecule has 0 spiro atoms. The van der Waals surface area contributed by atoms with Gasteiger partial charge >= 0.3 is 0 Å². The summed E-state index contributed by atoms with van der Waals surface area (Å²) in [6.07, 6.45) is 8.27. The fourth-order valence-corrected chi connectivity index (χ4v) is 3.26. The summed E-state index contributed by atoms with van der Waals surface area (Å²) in [6.45, 7) is 7.89. The molecule has 1 saturated heterocycles. The minimum absolute atomic E-state index is 0.305. The van der Waals surface area contributed by atoms with Crippen LogP contribution in [0.1, 0.15) is 66.4 Å². The second kappa shape index (κ2) is 8.33. The third kappa shape index (κ3) is 5.62. The number of nitrogens with zero attached hydrogens (tertiary/aromatic N) is 1. The van der Waals surface area contributed by atoms with E-state index < -0.39 is 0 Å². The Morgan fingerprint density at radius 3 is 2.29 bits per heavy atom. The van der Waals surface area contributed by atoms with E-state index in [1.54, 1.807) is 0 Å². The van der Waals surface area contributed by atoms with Crippen molar-refractivity contribution >= 4 is 5.78 Å². The van der Waals surface area contributed by atoms with Crippen LogP contribution < -0.4 is 0 Å². The first-order valence-electron chi connectivity index (χ1n) is 8.49. The predicted octanol–water partition coefficient (Wildman–Crippen LogP) is 4.53. The Hall–Kier alpha value is -1.15. The van der Waals surface area contributed by atoms with E-state index in [1.165, 1.54) is 62.9 Å². The van der Waals surface area contributed by atoms with E-state index in [0.29, 0.717) is 12.2 Å². The Kier molecular flexibility index (Phi) is 6.44. The van der Waals surface area contributed by atoms with Gasteiger partial charge in [-0.1, -0.05) is 30.0 Å². The van der Waals surface area contributed by atoms with Crippen LogP contribution in [-0.4, -0.2) is 30.3 Å². The Morgan fingerprint density at radius 1 is 0.952 bits per heavy atom. The third-order valence-corrected chi connectivity index (χ3v) is 4.37. The summed E-state index contributed by atoms with van der Waals surface area (Å²) < 4.78 is 0. The third-order valence-electron chi connectivity index (χ3n) is 4.37. The molecule has 1 aromatic rings. The normalized spacial score (nSPS) is 16.1. The first-order chi connectivity index (χ1) is 10.1. The molecule has 0 N–H and O–H groups in total. The molecule has 0 amide bonds. The zero-order chi connectivity index (χ0) is 15.1. The number of likely N-dealkylation sites (tertiary alicyclic amines) is 1. The maximum atomic E-state index is 12.2. The quantitative estimate of drug-likeness (QED) is 0.542. The van der Waals surface area contributed by atoms with Crippen LogP contribution in [0.15, 0.2) is 18.2 Å². The second-order valence-corrected chi connectivity index (χ2v) is 6.51. The highest BCUT2D eigenvalue weighted by Crippen LogP contribution is 2.14. The number of hydrogen-bond acceptors (Lipinski definition) is 2. The van der Waals surface area contributed by atoms with Crippen molar-refractivity contribution in [3.05, 3.63) is 34.9 Å². The summed E-state index contributed by atoms with van der Waals surface area (Å²) in [5.41, 5.74) is 3.26. The van der Waals surface area contributed by atoms with Gasteiger partial charge in [-0.05, 0) is 71.3 Å². The maximum absolute atomic E-state index is 12.2. The summed E-state index contributed by atoms with van der Waals surface area (Å²) in [7, 11) is 0. The Balaban J connectivity index is 1.64. The molecule has 0 atom stereocenters. The molecule has 1 aliphatic rings. The Bertz CT molecular complexity index is 440. The number of aryl methyl sites for hydroxylation is 2. The first-order valence-corrected chi connectivity index (χ1v) is 8.49. The average molecular weight is 287 g/mol. The highest BCUT2D eigenvalue weighted by Gasteiger charge is 2.10. The largest absolute Gasteiger partial charge is 0.303 e. The van der Waals surface area contributed by atoms with E-state index in [2.05, 4.69) is 24.8 Å². The lowest BCUT2D eigenvalue weighted by molar-refractivity contribution is 0.0978. The highest BCUT2D eigenvalue weighted by atomic mass is 16.1. The predicted molar refractivity (Wildman–Crippen MR) is 89.0 cm³/mol. The molecule has 116 valence electrons. The lowest BCUT2D eigenvalue weighted by atomic mass is 10.0. The molecule has 1 heterocycles. The van der Waals surface area contributed by atoms with Crippen LogP contribution in [0, 0.1) is 13.8 Å². The molecule has 2 heteroatoms. The number of rotatable bonds is 7. The van der Waals surface area contributed by atoms with Crippen LogP contribution in [-0.2, 0) is 0 Å². The number of ketones is 1. The van der Waals surface area contributed by atoms with Crippen molar-refractivity contribution in [2.75, 3.05) is 19.6 Å². The van der Waals surface area contributed by atoms with Crippen molar-refractivity contribution in [3.8, 4) is 0 Å². The van der Waals surface area contributed by atoms with E-state index in [4.69, 9.17) is 0 Å². The Morgan fingerprint density at radius 2 is 1.62 bits per heavy atom. The molecule has 0 aromatic heterocycles. The molecule has 0 unspecified atom stereocenters. The molecular formula is C19H29NO. The van der Waals surface area contributed by atoms with Crippen molar-refractivity contribution in [2.45, 2.75) is 58.8 Å². The van der Waals surface area contributed by atoms with Crippen molar-refractivity contribution in [3.63, 3.8) is 0 Å². The Labute approximate surface area is 129 Å². The lowest BCUT2D eigenvalue weighted by Crippen LogP contribution is -2.30.